The highest BCUT2D eigenvalue weighted by Gasteiger charge is 2.39. The molecule has 4 rings (SSSR count). The van der Waals surface area contributed by atoms with Crippen molar-refractivity contribution in [3.05, 3.63) is 34.9 Å². The first-order valence-corrected chi connectivity index (χ1v) is 10.2. The fraction of sp³-hybridized carbons (Fsp3) is 0.571. The third kappa shape index (κ3) is 3.82. The van der Waals surface area contributed by atoms with E-state index in [0.29, 0.717) is 24.4 Å². The standard InChI is InChI=1S/C21H28N4O3/c1-24(11-14-7-9-22-10-8-14)12-15-3-2-4-16-17(15)13-25(21(16)28)18-5-6-19(26)23-20(18)27/h2-4,14,18,22H,5-13H2,1H3,(H,23,26,27). The highest BCUT2D eigenvalue weighted by atomic mass is 16.2. The van der Waals surface area contributed by atoms with Gasteiger partial charge in [-0.15, -0.1) is 0 Å². The summed E-state index contributed by atoms with van der Waals surface area (Å²) in [6, 6.07) is 5.30. The van der Waals surface area contributed by atoms with Crippen LogP contribution in [0.5, 0.6) is 0 Å². The molecule has 3 aliphatic rings. The van der Waals surface area contributed by atoms with Crippen LogP contribution in [0.4, 0.5) is 0 Å². The molecule has 2 fully saturated rings. The molecule has 1 aromatic rings. The van der Waals surface area contributed by atoms with Crippen LogP contribution in [-0.4, -0.2) is 60.2 Å². The summed E-state index contributed by atoms with van der Waals surface area (Å²) in [5.41, 5.74) is 2.86. The number of hydrogen-bond donors (Lipinski definition) is 2. The molecule has 7 heteroatoms. The predicted molar refractivity (Wildman–Crippen MR) is 104 cm³/mol. The number of nitrogens with one attached hydrogen (secondary N) is 2. The van der Waals surface area contributed by atoms with E-state index in [1.54, 1.807) is 4.90 Å². The van der Waals surface area contributed by atoms with Crippen molar-refractivity contribution in [1.82, 2.24) is 20.4 Å². The lowest BCUT2D eigenvalue weighted by Gasteiger charge is -2.29. The molecule has 1 unspecified atom stereocenters. The van der Waals surface area contributed by atoms with Crippen molar-refractivity contribution >= 4 is 17.7 Å². The fourth-order valence-electron chi connectivity index (χ4n) is 4.66. The number of rotatable bonds is 5. The molecule has 28 heavy (non-hydrogen) atoms. The Kier molecular flexibility index (Phi) is 5.46. The van der Waals surface area contributed by atoms with Crippen LogP contribution in [0.25, 0.3) is 0 Å². The number of amides is 3. The first kappa shape index (κ1) is 19.1. The molecule has 3 amide bonds. The molecule has 1 atom stereocenters. The van der Waals surface area contributed by atoms with Crippen LogP contribution in [0.3, 0.4) is 0 Å². The monoisotopic (exact) mass is 384 g/mol. The maximum atomic E-state index is 12.9. The van der Waals surface area contributed by atoms with Crippen molar-refractivity contribution < 1.29 is 14.4 Å². The van der Waals surface area contributed by atoms with Gasteiger partial charge in [0.25, 0.3) is 5.91 Å². The summed E-state index contributed by atoms with van der Waals surface area (Å²) in [6.45, 7) is 4.47. The van der Waals surface area contributed by atoms with Crippen LogP contribution in [0.2, 0.25) is 0 Å². The summed E-state index contributed by atoms with van der Waals surface area (Å²) in [6.07, 6.45) is 3.09. The molecule has 150 valence electrons. The number of imide groups is 1. The molecule has 0 bridgehead atoms. The van der Waals surface area contributed by atoms with E-state index in [-0.39, 0.29) is 24.1 Å². The summed E-state index contributed by atoms with van der Waals surface area (Å²) in [5.74, 6) is -0.00964. The van der Waals surface area contributed by atoms with Gasteiger partial charge in [-0.05, 0) is 62.5 Å². The van der Waals surface area contributed by atoms with Gasteiger partial charge in [0.15, 0.2) is 0 Å². The van der Waals surface area contributed by atoms with Gasteiger partial charge in [0.1, 0.15) is 6.04 Å². The third-order valence-corrected chi connectivity index (χ3v) is 6.15. The Hall–Kier alpha value is -2.25. The van der Waals surface area contributed by atoms with Crippen molar-refractivity contribution in [2.75, 3.05) is 26.7 Å². The zero-order valence-electron chi connectivity index (χ0n) is 16.4. The van der Waals surface area contributed by atoms with Crippen LogP contribution in [0, 0.1) is 5.92 Å². The first-order chi connectivity index (χ1) is 13.5. The van der Waals surface area contributed by atoms with Crippen LogP contribution in [0.1, 0.15) is 47.2 Å². The lowest BCUT2D eigenvalue weighted by atomic mass is 9.97. The van der Waals surface area contributed by atoms with E-state index in [1.165, 1.54) is 12.8 Å². The zero-order valence-corrected chi connectivity index (χ0v) is 16.4. The van der Waals surface area contributed by atoms with Gasteiger partial charge in [-0.1, -0.05) is 12.1 Å². The minimum Gasteiger partial charge on any atom is -0.322 e. The SMILES string of the molecule is CN(Cc1cccc2c1CN(C1CCC(=O)NC1=O)C2=O)CC1CCNCC1. The molecule has 3 aliphatic heterocycles. The highest BCUT2D eigenvalue weighted by molar-refractivity contribution is 6.05. The minimum atomic E-state index is -0.557. The van der Waals surface area contributed by atoms with Crippen molar-refractivity contribution in [3.63, 3.8) is 0 Å². The second kappa shape index (κ2) is 8.01. The van der Waals surface area contributed by atoms with Gasteiger partial charge < -0.3 is 15.1 Å². The van der Waals surface area contributed by atoms with Gasteiger partial charge in [0, 0.05) is 31.6 Å². The highest BCUT2D eigenvalue weighted by Crippen LogP contribution is 2.30. The molecule has 1 aromatic carbocycles. The fourth-order valence-corrected chi connectivity index (χ4v) is 4.66. The molecule has 0 radical (unpaired) electrons. The Labute approximate surface area is 165 Å². The molecular weight excluding hydrogens is 356 g/mol. The third-order valence-electron chi connectivity index (χ3n) is 6.15. The Morgan fingerprint density at radius 1 is 1.14 bits per heavy atom. The first-order valence-electron chi connectivity index (χ1n) is 10.2. The molecule has 2 saturated heterocycles. The molecule has 0 aliphatic carbocycles. The Balaban J connectivity index is 1.46. The van der Waals surface area contributed by atoms with Crippen molar-refractivity contribution in [3.8, 4) is 0 Å². The lowest BCUT2D eigenvalue weighted by molar-refractivity contribution is -0.136. The van der Waals surface area contributed by atoms with Gasteiger partial charge >= 0.3 is 0 Å². The molecular formula is C21H28N4O3. The van der Waals surface area contributed by atoms with Crippen LogP contribution in [-0.2, 0) is 22.7 Å². The smallest absolute Gasteiger partial charge is 0.255 e. The number of fused-ring (bicyclic) bond motifs is 1. The van der Waals surface area contributed by atoms with Crippen LogP contribution in [0.15, 0.2) is 18.2 Å². The van der Waals surface area contributed by atoms with Crippen molar-refractivity contribution in [2.24, 2.45) is 5.92 Å². The van der Waals surface area contributed by atoms with E-state index in [4.69, 9.17) is 0 Å². The normalized spacial score (nSPS) is 23.3. The van der Waals surface area contributed by atoms with Gasteiger partial charge in [-0.3, -0.25) is 19.7 Å². The zero-order chi connectivity index (χ0) is 19.7. The maximum Gasteiger partial charge on any atom is 0.255 e. The topological polar surface area (TPSA) is 81.8 Å². The van der Waals surface area contributed by atoms with Gasteiger partial charge in [-0.2, -0.15) is 0 Å². The Morgan fingerprint density at radius 3 is 2.68 bits per heavy atom. The number of carbonyl (C=O) groups is 3. The van der Waals surface area contributed by atoms with E-state index < -0.39 is 6.04 Å². The number of carbonyl (C=O) groups excluding carboxylic acids is 3. The number of hydrogen-bond acceptors (Lipinski definition) is 5. The van der Waals surface area contributed by atoms with Gasteiger partial charge in [-0.25, -0.2) is 0 Å². The molecule has 0 spiro atoms. The molecule has 0 aromatic heterocycles. The molecule has 0 saturated carbocycles. The minimum absolute atomic E-state index is 0.104. The predicted octanol–water partition coefficient (Wildman–Crippen LogP) is 0.879. The maximum absolute atomic E-state index is 12.9. The summed E-state index contributed by atoms with van der Waals surface area (Å²) in [5, 5.41) is 5.76. The van der Waals surface area contributed by atoms with E-state index in [9.17, 15) is 14.4 Å². The summed E-state index contributed by atoms with van der Waals surface area (Å²) < 4.78 is 0. The van der Waals surface area contributed by atoms with Gasteiger partial charge in [0.2, 0.25) is 11.8 Å². The van der Waals surface area contributed by atoms with Crippen molar-refractivity contribution in [1.29, 1.82) is 0 Å². The number of benzene rings is 1. The molecule has 7 nitrogen and oxygen atoms in total. The van der Waals surface area contributed by atoms with E-state index in [1.807, 2.05) is 12.1 Å². The summed E-state index contributed by atoms with van der Waals surface area (Å²) in [7, 11) is 2.14. The quantitative estimate of drug-likeness (QED) is 0.737. The van der Waals surface area contributed by atoms with Gasteiger partial charge in [0.05, 0.1) is 0 Å². The van der Waals surface area contributed by atoms with E-state index in [2.05, 4.69) is 28.6 Å². The Morgan fingerprint density at radius 2 is 1.93 bits per heavy atom. The number of nitrogens with zero attached hydrogens (tertiary/aromatic N) is 2. The van der Waals surface area contributed by atoms with E-state index >= 15 is 0 Å². The average molecular weight is 384 g/mol. The van der Waals surface area contributed by atoms with Crippen LogP contribution < -0.4 is 10.6 Å². The second-order valence-corrected chi connectivity index (χ2v) is 8.23. The van der Waals surface area contributed by atoms with E-state index in [0.717, 1.165) is 37.3 Å². The largest absolute Gasteiger partial charge is 0.322 e. The molecule has 2 N–H and O–H groups in total. The second-order valence-electron chi connectivity index (χ2n) is 8.23. The van der Waals surface area contributed by atoms with Crippen LogP contribution >= 0.6 is 0 Å². The summed E-state index contributed by atoms with van der Waals surface area (Å²) >= 11 is 0. The Bertz CT molecular complexity index is 788. The van der Waals surface area contributed by atoms with Crippen molar-refractivity contribution in [2.45, 2.75) is 44.8 Å². The average Bonchev–Trinajstić information content (AvgIpc) is 3.00. The summed E-state index contributed by atoms with van der Waals surface area (Å²) in [4.78, 5) is 40.5. The number of piperidine rings is 2. The lowest BCUT2D eigenvalue weighted by Crippen LogP contribution is -2.52. The molecule has 3 heterocycles.